The first-order chi connectivity index (χ1) is 9.20. The average Bonchev–Trinajstić information content (AvgIpc) is 2.40. The molecule has 19 heavy (non-hydrogen) atoms. The lowest BCUT2D eigenvalue weighted by Gasteiger charge is -2.13. The minimum absolute atomic E-state index is 0.145. The second-order valence-corrected chi connectivity index (χ2v) is 4.41. The van der Waals surface area contributed by atoms with Gasteiger partial charge in [0.2, 0.25) is 0 Å². The van der Waals surface area contributed by atoms with E-state index in [4.69, 9.17) is 18.9 Å². The van der Waals surface area contributed by atoms with Crippen LogP contribution in [0.4, 0.5) is 4.79 Å². The summed E-state index contributed by atoms with van der Waals surface area (Å²) in [5, 5.41) is 0. The SMILES string of the molecule is CCCCOCCOC(C)COC(=O)OCCCC. The third-order valence-electron chi connectivity index (χ3n) is 2.43. The van der Waals surface area contributed by atoms with Crippen LogP contribution >= 0.6 is 0 Å². The van der Waals surface area contributed by atoms with Gasteiger partial charge in [-0.15, -0.1) is 0 Å². The summed E-state index contributed by atoms with van der Waals surface area (Å²) in [5.74, 6) is 0. The fourth-order valence-electron chi connectivity index (χ4n) is 1.23. The third kappa shape index (κ3) is 13.4. The van der Waals surface area contributed by atoms with Crippen molar-refractivity contribution in [2.24, 2.45) is 0 Å². The standard InChI is InChI=1S/C14H28O5/c1-4-6-8-16-10-11-17-13(3)12-19-14(15)18-9-7-5-2/h13H,4-12H2,1-3H3. The second kappa shape index (κ2) is 13.6. The van der Waals surface area contributed by atoms with Gasteiger partial charge >= 0.3 is 6.16 Å². The van der Waals surface area contributed by atoms with Crippen LogP contribution in [-0.4, -0.2) is 45.3 Å². The number of rotatable bonds is 12. The Balaban J connectivity index is 3.33. The molecule has 0 saturated carbocycles. The zero-order valence-corrected chi connectivity index (χ0v) is 12.5. The van der Waals surface area contributed by atoms with Crippen LogP contribution in [0.5, 0.6) is 0 Å². The molecule has 0 heterocycles. The minimum atomic E-state index is -0.622. The summed E-state index contributed by atoms with van der Waals surface area (Å²) in [7, 11) is 0. The molecule has 0 aliphatic carbocycles. The lowest BCUT2D eigenvalue weighted by atomic mass is 10.4. The van der Waals surface area contributed by atoms with E-state index in [9.17, 15) is 4.79 Å². The molecule has 0 fully saturated rings. The second-order valence-electron chi connectivity index (χ2n) is 4.41. The van der Waals surface area contributed by atoms with E-state index in [0.29, 0.717) is 19.8 Å². The maximum absolute atomic E-state index is 11.1. The highest BCUT2D eigenvalue weighted by molar-refractivity contribution is 5.59. The van der Waals surface area contributed by atoms with E-state index >= 15 is 0 Å². The molecule has 5 nitrogen and oxygen atoms in total. The highest BCUT2D eigenvalue weighted by Gasteiger charge is 2.08. The van der Waals surface area contributed by atoms with Gasteiger partial charge in [0.15, 0.2) is 0 Å². The van der Waals surface area contributed by atoms with Gasteiger partial charge in [-0.3, -0.25) is 0 Å². The number of hydrogen-bond donors (Lipinski definition) is 0. The largest absolute Gasteiger partial charge is 0.508 e. The molecule has 1 atom stereocenters. The van der Waals surface area contributed by atoms with Crippen molar-refractivity contribution in [1.82, 2.24) is 0 Å². The third-order valence-corrected chi connectivity index (χ3v) is 2.43. The van der Waals surface area contributed by atoms with E-state index in [0.717, 1.165) is 32.3 Å². The first kappa shape index (κ1) is 18.2. The molecule has 0 aromatic carbocycles. The number of hydrogen-bond acceptors (Lipinski definition) is 5. The molecular formula is C14H28O5. The molecule has 114 valence electrons. The zero-order valence-electron chi connectivity index (χ0n) is 12.5. The Morgan fingerprint density at radius 2 is 1.63 bits per heavy atom. The fourth-order valence-corrected chi connectivity index (χ4v) is 1.23. The topological polar surface area (TPSA) is 54.0 Å². The zero-order chi connectivity index (χ0) is 14.3. The van der Waals surface area contributed by atoms with E-state index in [1.165, 1.54) is 0 Å². The van der Waals surface area contributed by atoms with Crippen LogP contribution in [-0.2, 0) is 18.9 Å². The van der Waals surface area contributed by atoms with Crippen molar-refractivity contribution in [3.63, 3.8) is 0 Å². The molecule has 0 bridgehead atoms. The van der Waals surface area contributed by atoms with Crippen molar-refractivity contribution in [3.8, 4) is 0 Å². The molecule has 0 saturated heterocycles. The molecule has 0 radical (unpaired) electrons. The highest BCUT2D eigenvalue weighted by atomic mass is 16.7. The van der Waals surface area contributed by atoms with Crippen molar-refractivity contribution in [3.05, 3.63) is 0 Å². The molecule has 0 rings (SSSR count). The monoisotopic (exact) mass is 276 g/mol. The molecule has 0 spiro atoms. The molecule has 0 aliphatic rings. The van der Waals surface area contributed by atoms with Crippen LogP contribution in [0, 0.1) is 0 Å². The molecule has 5 heteroatoms. The average molecular weight is 276 g/mol. The van der Waals surface area contributed by atoms with Crippen molar-refractivity contribution in [1.29, 1.82) is 0 Å². The number of carbonyl (C=O) groups is 1. The van der Waals surface area contributed by atoms with Crippen molar-refractivity contribution in [2.45, 2.75) is 52.6 Å². The Morgan fingerprint density at radius 1 is 0.947 bits per heavy atom. The summed E-state index contributed by atoms with van der Waals surface area (Å²) >= 11 is 0. The first-order valence-corrected chi connectivity index (χ1v) is 7.19. The van der Waals surface area contributed by atoms with Gasteiger partial charge < -0.3 is 18.9 Å². The Morgan fingerprint density at radius 3 is 2.32 bits per heavy atom. The Labute approximate surface area is 116 Å². The highest BCUT2D eigenvalue weighted by Crippen LogP contribution is 1.96. The maximum Gasteiger partial charge on any atom is 0.508 e. The summed E-state index contributed by atoms with van der Waals surface area (Å²) in [6.45, 7) is 8.49. The maximum atomic E-state index is 11.1. The van der Waals surface area contributed by atoms with Gasteiger partial charge in [-0.25, -0.2) is 4.79 Å². The Bertz CT molecular complexity index is 208. The van der Waals surface area contributed by atoms with Crippen molar-refractivity contribution in [2.75, 3.05) is 33.0 Å². The number of carbonyl (C=O) groups excluding carboxylic acids is 1. The van der Waals surface area contributed by atoms with E-state index in [-0.39, 0.29) is 12.7 Å². The summed E-state index contributed by atoms with van der Waals surface area (Å²) in [6, 6.07) is 0. The van der Waals surface area contributed by atoms with Gasteiger partial charge in [-0.1, -0.05) is 26.7 Å². The molecule has 0 aliphatic heterocycles. The van der Waals surface area contributed by atoms with Crippen LogP contribution in [0.3, 0.4) is 0 Å². The lowest BCUT2D eigenvalue weighted by Crippen LogP contribution is -2.21. The Hall–Kier alpha value is -0.810. The van der Waals surface area contributed by atoms with Gasteiger partial charge in [0, 0.05) is 6.61 Å². The van der Waals surface area contributed by atoms with Gasteiger partial charge in [0.1, 0.15) is 6.61 Å². The fraction of sp³-hybridized carbons (Fsp3) is 0.929. The van der Waals surface area contributed by atoms with Crippen LogP contribution in [0.2, 0.25) is 0 Å². The van der Waals surface area contributed by atoms with Gasteiger partial charge in [-0.05, 0) is 19.8 Å². The van der Waals surface area contributed by atoms with E-state index < -0.39 is 6.16 Å². The van der Waals surface area contributed by atoms with Crippen LogP contribution in [0.1, 0.15) is 46.5 Å². The van der Waals surface area contributed by atoms with E-state index in [2.05, 4.69) is 6.92 Å². The minimum Gasteiger partial charge on any atom is -0.434 e. The predicted octanol–water partition coefficient (Wildman–Crippen LogP) is 3.16. The molecule has 1 unspecified atom stereocenters. The molecule has 0 N–H and O–H groups in total. The van der Waals surface area contributed by atoms with Gasteiger partial charge in [0.25, 0.3) is 0 Å². The molecule has 0 amide bonds. The normalized spacial score (nSPS) is 12.2. The molecule has 0 aromatic heterocycles. The smallest absolute Gasteiger partial charge is 0.434 e. The number of ether oxygens (including phenoxy) is 4. The van der Waals surface area contributed by atoms with Crippen LogP contribution in [0.25, 0.3) is 0 Å². The Kier molecular flexibility index (Phi) is 13.0. The lowest BCUT2D eigenvalue weighted by molar-refractivity contribution is -0.0282. The summed E-state index contributed by atoms with van der Waals surface area (Å²) in [5.41, 5.74) is 0. The van der Waals surface area contributed by atoms with Crippen LogP contribution in [0.15, 0.2) is 0 Å². The van der Waals surface area contributed by atoms with E-state index in [1.54, 1.807) is 0 Å². The van der Waals surface area contributed by atoms with Crippen molar-refractivity contribution < 1.29 is 23.7 Å². The van der Waals surface area contributed by atoms with Crippen molar-refractivity contribution >= 4 is 6.16 Å². The first-order valence-electron chi connectivity index (χ1n) is 7.19. The summed E-state index contributed by atoms with van der Waals surface area (Å²) in [4.78, 5) is 11.1. The summed E-state index contributed by atoms with van der Waals surface area (Å²) in [6.07, 6.45) is 3.28. The summed E-state index contributed by atoms with van der Waals surface area (Å²) < 4.78 is 20.6. The molecular weight excluding hydrogens is 248 g/mol. The van der Waals surface area contributed by atoms with Gasteiger partial charge in [-0.2, -0.15) is 0 Å². The predicted molar refractivity (Wildman–Crippen MR) is 73.3 cm³/mol. The molecule has 0 aromatic rings. The van der Waals surface area contributed by atoms with E-state index in [1.807, 2.05) is 13.8 Å². The van der Waals surface area contributed by atoms with Gasteiger partial charge in [0.05, 0.1) is 25.9 Å². The quantitative estimate of drug-likeness (QED) is 0.405. The number of unbranched alkanes of at least 4 members (excludes halogenated alkanes) is 2. The van der Waals surface area contributed by atoms with Crippen LogP contribution < -0.4 is 0 Å².